The van der Waals surface area contributed by atoms with Crippen molar-refractivity contribution in [1.82, 2.24) is 0 Å². The third-order valence-corrected chi connectivity index (χ3v) is 2.84. The first-order chi connectivity index (χ1) is 9.15. The second-order valence-corrected chi connectivity index (χ2v) is 4.71. The first-order valence-electron chi connectivity index (χ1n) is 6.03. The summed E-state index contributed by atoms with van der Waals surface area (Å²) in [5.41, 5.74) is 6.14. The molecule has 3 N–H and O–H groups in total. The molecule has 0 heterocycles. The standard InChI is InChI=1S/C13H18F3NO3/c1-7(2)12(18)11(17)9-6-8(20-13(14,15)16)4-5-10(9)19-3/h4-7,11-12,18H,17H2,1-3H3/t11-,12+/m1/s1. The molecule has 0 unspecified atom stereocenters. The van der Waals surface area contributed by atoms with E-state index in [1.165, 1.54) is 13.2 Å². The third-order valence-electron chi connectivity index (χ3n) is 2.84. The van der Waals surface area contributed by atoms with E-state index in [0.29, 0.717) is 5.75 Å². The highest BCUT2D eigenvalue weighted by Gasteiger charge is 2.32. The number of alkyl halides is 3. The minimum Gasteiger partial charge on any atom is -0.496 e. The van der Waals surface area contributed by atoms with Crippen molar-refractivity contribution in [2.75, 3.05) is 7.11 Å². The molecule has 0 aromatic heterocycles. The Labute approximate surface area is 115 Å². The number of ether oxygens (including phenoxy) is 2. The molecule has 0 aliphatic rings. The highest BCUT2D eigenvalue weighted by molar-refractivity contribution is 5.42. The second kappa shape index (κ2) is 6.32. The molecule has 0 amide bonds. The smallest absolute Gasteiger partial charge is 0.496 e. The largest absolute Gasteiger partial charge is 0.573 e. The van der Waals surface area contributed by atoms with E-state index in [9.17, 15) is 18.3 Å². The van der Waals surface area contributed by atoms with Crippen molar-refractivity contribution in [1.29, 1.82) is 0 Å². The van der Waals surface area contributed by atoms with Crippen LogP contribution in [0.4, 0.5) is 13.2 Å². The molecule has 0 bridgehead atoms. The van der Waals surface area contributed by atoms with Crippen LogP contribution in [0.3, 0.4) is 0 Å². The molecule has 0 aliphatic heterocycles. The quantitative estimate of drug-likeness (QED) is 0.876. The van der Waals surface area contributed by atoms with Crippen LogP contribution in [0.5, 0.6) is 11.5 Å². The van der Waals surface area contributed by atoms with E-state index in [4.69, 9.17) is 10.5 Å². The molecule has 0 fully saturated rings. The van der Waals surface area contributed by atoms with E-state index in [-0.39, 0.29) is 11.5 Å². The predicted octanol–water partition coefficient (Wildman–Crippen LogP) is 2.61. The number of rotatable bonds is 5. The van der Waals surface area contributed by atoms with E-state index >= 15 is 0 Å². The van der Waals surface area contributed by atoms with Crippen LogP contribution in [0.25, 0.3) is 0 Å². The van der Waals surface area contributed by atoms with Crippen molar-refractivity contribution in [3.63, 3.8) is 0 Å². The van der Waals surface area contributed by atoms with Crippen LogP contribution in [0.15, 0.2) is 18.2 Å². The summed E-state index contributed by atoms with van der Waals surface area (Å²) in [7, 11) is 1.37. The monoisotopic (exact) mass is 293 g/mol. The lowest BCUT2D eigenvalue weighted by Crippen LogP contribution is -2.31. The lowest BCUT2D eigenvalue weighted by molar-refractivity contribution is -0.274. The summed E-state index contributed by atoms with van der Waals surface area (Å²) >= 11 is 0. The van der Waals surface area contributed by atoms with Gasteiger partial charge in [0.05, 0.1) is 19.3 Å². The van der Waals surface area contributed by atoms with Crippen molar-refractivity contribution in [2.24, 2.45) is 11.7 Å². The van der Waals surface area contributed by atoms with Gasteiger partial charge >= 0.3 is 6.36 Å². The summed E-state index contributed by atoms with van der Waals surface area (Å²) in [4.78, 5) is 0. The Hall–Kier alpha value is -1.47. The fourth-order valence-corrected chi connectivity index (χ4v) is 1.77. The molecule has 1 rings (SSSR count). The molecule has 20 heavy (non-hydrogen) atoms. The maximum absolute atomic E-state index is 12.2. The van der Waals surface area contributed by atoms with E-state index in [1.807, 2.05) is 0 Å². The molecule has 0 radical (unpaired) electrons. The number of aliphatic hydroxyl groups excluding tert-OH is 1. The molecule has 0 spiro atoms. The molecule has 1 aromatic carbocycles. The molecule has 7 heteroatoms. The van der Waals surface area contributed by atoms with Crippen LogP contribution in [-0.4, -0.2) is 24.7 Å². The van der Waals surface area contributed by atoms with Crippen molar-refractivity contribution >= 4 is 0 Å². The number of nitrogens with two attached hydrogens (primary N) is 1. The normalized spacial score (nSPS) is 15.1. The fourth-order valence-electron chi connectivity index (χ4n) is 1.77. The van der Waals surface area contributed by atoms with E-state index < -0.39 is 24.3 Å². The van der Waals surface area contributed by atoms with Gasteiger partial charge in [-0.25, -0.2) is 0 Å². The Morgan fingerprint density at radius 1 is 1.25 bits per heavy atom. The Morgan fingerprint density at radius 3 is 2.30 bits per heavy atom. The Bertz CT molecular complexity index is 449. The topological polar surface area (TPSA) is 64.7 Å². The maximum atomic E-state index is 12.2. The van der Waals surface area contributed by atoms with Gasteiger partial charge < -0.3 is 20.3 Å². The van der Waals surface area contributed by atoms with Crippen LogP contribution in [0.1, 0.15) is 25.5 Å². The van der Waals surface area contributed by atoms with Gasteiger partial charge in [-0.3, -0.25) is 0 Å². The third kappa shape index (κ3) is 4.28. The summed E-state index contributed by atoms with van der Waals surface area (Å²) in [5, 5.41) is 9.95. The number of hydrogen-bond donors (Lipinski definition) is 2. The number of hydrogen-bond acceptors (Lipinski definition) is 4. The Kier molecular flexibility index (Phi) is 5.24. The zero-order chi connectivity index (χ0) is 15.5. The molecule has 0 aliphatic carbocycles. The number of benzene rings is 1. The molecular weight excluding hydrogens is 275 g/mol. The van der Waals surface area contributed by atoms with E-state index in [1.54, 1.807) is 13.8 Å². The van der Waals surface area contributed by atoms with Gasteiger partial charge in [-0.1, -0.05) is 13.8 Å². The van der Waals surface area contributed by atoms with Gasteiger partial charge in [-0.05, 0) is 24.1 Å². The van der Waals surface area contributed by atoms with Crippen molar-refractivity contribution in [2.45, 2.75) is 32.4 Å². The molecular formula is C13H18F3NO3. The summed E-state index contributed by atoms with van der Waals surface area (Å²) in [5.74, 6) is -0.256. The van der Waals surface area contributed by atoms with Gasteiger partial charge in [0.15, 0.2) is 0 Å². The lowest BCUT2D eigenvalue weighted by atomic mass is 9.93. The zero-order valence-corrected chi connectivity index (χ0v) is 11.4. The first-order valence-corrected chi connectivity index (χ1v) is 6.03. The Morgan fingerprint density at radius 2 is 1.85 bits per heavy atom. The highest BCUT2D eigenvalue weighted by Crippen LogP contribution is 2.33. The molecule has 4 nitrogen and oxygen atoms in total. The van der Waals surface area contributed by atoms with Gasteiger partial charge in [0.2, 0.25) is 0 Å². The van der Waals surface area contributed by atoms with Gasteiger partial charge in [-0.2, -0.15) is 0 Å². The van der Waals surface area contributed by atoms with Gasteiger partial charge in [0, 0.05) is 5.56 Å². The summed E-state index contributed by atoms with van der Waals surface area (Å²) in [6.45, 7) is 3.51. The maximum Gasteiger partial charge on any atom is 0.573 e. The van der Waals surface area contributed by atoms with E-state index in [0.717, 1.165) is 12.1 Å². The minimum atomic E-state index is -4.79. The molecule has 1 aromatic rings. The van der Waals surface area contributed by atoms with E-state index in [2.05, 4.69) is 4.74 Å². The predicted molar refractivity (Wildman–Crippen MR) is 67.5 cm³/mol. The van der Waals surface area contributed by atoms with Crippen LogP contribution >= 0.6 is 0 Å². The van der Waals surface area contributed by atoms with Crippen LogP contribution < -0.4 is 15.2 Å². The van der Waals surface area contributed by atoms with Crippen molar-refractivity contribution < 1.29 is 27.8 Å². The molecule has 2 atom stereocenters. The number of halogens is 3. The average molecular weight is 293 g/mol. The highest BCUT2D eigenvalue weighted by atomic mass is 19.4. The second-order valence-electron chi connectivity index (χ2n) is 4.71. The molecule has 0 saturated heterocycles. The average Bonchev–Trinajstić information content (AvgIpc) is 2.34. The van der Waals surface area contributed by atoms with Crippen LogP contribution in [-0.2, 0) is 0 Å². The summed E-state index contributed by atoms with van der Waals surface area (Å²) < 4.78 is 45.5. The fraction of sp³-hybridized carbons (Fsp3) is 0.538. The number of aliphatic hydroxyl groups is 1. The van der Waals surface area contributed by atoms with Crippen LogP contribution in [0, 0.1) is 5.92 Å². The lowest BCUT2D eigenvalue weighted by Gasteiger charge is -2.24. The van der Waals surface area contributed by atoms with Gasteiger partial charge in [-0.15, -0.1) is 13.2 Å². The van der Waals surface area contributed by atoms with Crippen LogP contribution in [0.2, 0.25) is 0 Å². The first kappa shape index (κ1) is 16.6. The SMILES string of the molecule is COc1ccc(OC(F)(F)F)cc1[C@@H](N)[C@@H](O)C(C)C. The summed E-state index contributed by atoms with van der Waals surface area (Å²) in [6.07, 6.45) is -5.70. The van der Waals surface area contributed by atoms with Gasteiger partial charge in [0.25, 0.3) is 0 Å². The molecule has 0 saturated carbocycles. The molecule has 114 valence electrons. The minimum absolute atomic E-state index is 0.151. The Balaban J connectivity index is 3.12. The number of methoxy groups -OCH3 is 1. The zero-order valence-electron chi connectivity index (χ0n) is 11.4. The summed E-state index contributed by atoms with van der Waals surface area (Å²) in [6, 6.07) is 2.71. The van der Waals surface area contributed by atoms with Crippen molar-refractivity contribution in [3.05, 3.63) is 23.8 Å². The van der Waals surface area contributed by atoms with Gasteiger partial charge in [0.1, 0.15) is 11.5 Å². The van der Waals surface area contributed by atoms with Crippen molar-refractivity contribution in [3.8, 4) is 11.5 Å².